The molecule has 6 nitrogen and oxygen atoms in total. The maximum atomic E-state index is 5.20. The summed E-state index contributed by atoms with van der Waals surface area (Å²) >= 11 is 0. The first-order valence-corrected chi connectivity index (χ1v) is 16.0. The summed E-state index contributed by atoms with van der Waals surface area (Å²) in [4.78, 5) is 20.3. The molecule has 48 heavy (non-hydrogen) atoms. The van der Waals surface area contributed by atoms with Gasteiger partial charge in [0.15, 0.2) is 11.6 Å². The molecule has 0 aliphatic carbocycles. The first-order valence-electron chi connectivity index (χ1n) is 16.0. The molecule has 4 aromatic heterocycles. The zero-order valence-corrected chi connectivity index (χ0v) is 25.7. The fraction of sp³-hybridized carbons (Fsp3) is 0. The van der Waals surface area contributed by atoms with Gasteiger partial charge < -0.3 is 4.40 Å². The second-order valence-electron chi connectivity index (χ2n) is 12.0. The highest BCUT2D eigenvalue weighted by atomic mass is 15.2. The fourth-order valence-corrected chi connectivity index (χ4v) is 6.88. The van der Waals surface area contributed by atoms with Crippen molar-refractivity contribution < 1.29 is 0 Å². The van der Waals surface area contributed by atoms with Crippen molar-refractivity contribution in [2.75, 3.05) is 0 Å². The van der Waals surface area contributed by atoms with E-state index in [0.717, 1.165) is 55.2 Å². The molecule has 0 N–H and O–H groups in total. The fourth-order valence-electron chi connectivity index (χ4n) is 6.88. The van der Waals surface area contributed by atoms with Crippen LogP contribution in [0, 0.1) is 0 Å². The van der Waals surface area contributed by atoms with Gasteiger partial charge in [-0.1, -0.05) is 115 Å². The van der Waals surface area contributed by atoms with Crippen molar-refractivity contribution >= 4 is 49.0 Å². The minimum atomic E-state index is 0.566. The third kappa shape index (κ3) is 4.20. The van der Waals surface area contributed by atoms with Crippen LogP contribution in [0.4, 0.5) is 0 Å². The number of aromatic nitrogens is 6. The Hall–Kier alpha value is -6.66. The van der Waals surface area contributed by atoms with Crippen LogP contribution in [0.3, 0.4) is 0 Å². The molecule has 4 heterocycles. The maximum Gasteiger partial charge on any atom is 0.238 e. The largest absolute Gasteiger partial charge is 0.306 e. The number of hydrogen-bond donors (Lipinski definition) is 0. The molecule has 6 heteroatoms. The summed E-state index contributed by atoms with van der Waals surface area (Å²) in [6, 6.07) is 50.5. The lowest BCUT2D eigenvalue weighted by atomic mass is 10.00. The van der Waals surface area contributed by atoms with E-state index in [1.165, 1.54) is 16.2 Å². The smallest absolute Gasteiger partial charge is 0.238 e. The zero-order valence-electron chi connectivity index (χ0n) is 25.7. The van der Waals surface area contributed by atoms with Crippen molar-refractivity contribution in [2.45, 2.75) is 0 Å². The van der Waals surface area contributed by atoms with Gasteiger partial charge in [-0.05, 0) is 51.9 Å². The van der Waals surface area contributed by atoms with Gasteiger partial charge in [0.05, 0.1) is 16.7 Å². The number of benzene rings is 6. The van der Waals surface area contributed by atoms with Crippen LogP contribution in [-0.4, -0.2) is 28.9 Å². The molecule has 6 aromatic carbocycles. The Bertz CT molecular complexity index is 2810. The number of para-hydroxylation sites is 1. The highest BCUT2D eigenvalue weighted by molar-refractivity contribution is 6.10. The number of imidazole rings is 1. The first kappa shape index (κ1) is 26.5. The van der Waals surface area contributed by atoms with Crippen LogP contribution in [0.1, 0.15) is 0 Å². The molecule has 0 aliphatic rings. The van der Waals surface area contributed by atoms with E-state index >= 15 is 0 Å². The maximum absolute atomic E-state index is 5.20. The Morgan fingerprint density at radius 1 is 0.417 bits per heavy atom. The van der Waals surface area contributed by atoms with Crippen molar-refractivity contribution in [3.05, 3.63) is 158 Å². The van der Waals surface area contributed by atoms with Crippen LogP contribution in [0.25, 0.3) is 89.0 Å². The van der Waals surface area contributed by atoms with Gasteiger partial charge >= 0.3 is 0 Å². The minimum Gasteiger partial charge on any atom is -0.306 e. The molecule has 0 bridgehead atoms. The molecular weight excluding hydrogens is 589 g/mol. The van der Waals surface area contributed by atoms with Gasteiger partial charge in [0, 0.05) is 39.9 Å². The van der Waals surface area contributed by atoms with E-state index in [1.54, 1.807) is 0 Å². The monoisotopic (exact) mass is 614 g/mol. The Morgan fingerprint density at radius 3 is 2.00 bits per heavy atom. The lowest BCUT2D eigenvalue weighted by molar-refractivity contribution is 0.954. The molecular formula is C42H26N6. The van der Waals surface area contributed by atoms with Gasteiger partial charge in [0.2, 0.25) is 5.95 Å². The van der Waals surface area contributed by atoms with Gasteiger partial charge in [-0.25, -0.2) is 9.97 Å². The average Bonchev–Trinajstić information content (AvgIpc) is 3.74. The average molecular weight is 615 g/mol. The quantitative estimate of drug-likeness (QED) is 0.185. The van der Waals surface area contributed by atoms with Crippen LogP contribution in [-0.2, 0) is 0 Å². The Kier molecular flexibility index (Phi) is 5.77. The molecule has 10 aromatic rings. The van der Waals surface area contributed by atoms with E-state index in [4.69, 9.17) is 19.9 Å². The van der Waals surface area contributed by atoms with Gasteiger partial charge in [0.25, 0.3) is 0 Å². The summed E-state index contributed by atoms with van der Waals surface area (Å²) in [5.41, 5.74) is 6.74. The third-order valence-electron chi connectivity index (χ3n) is 9.19. The number of hydrogen-bond acceptors (Lipinski definition) is 4. The number of fused-ring (bicyclic) bond motifs is 7. The highest BCUT2D eigenvalue weighted by Gasteiger charge is 2.19. The van der Waals surface area contributed by atoms with Gasteiger partial charge in [0.1, 0.15) is 5.65 Å². The van der Waals surface area contributed by atoms with E-state index < -0.39 is 0 Å². The summed E-state index contributed by atoms with van der Waals surface area (Å²) in [5.74, 6) is 1.81. The Labute approximate surface area is 275 Å². The predicted octanol–water partition coefficient (Wildman–Crippen LogP) is 9.92. The molecule has 0 radical (unpaired) electrons. The Balaban J connectivity index is 1.22. The van der Waals surface area contributed by atoms with Crippen molar-refractivity contribution in [3.8, 4) is 40.0 Å². The molecule has 0 amide bonds. The van der Waals surface area contributed by atoms with Crippen molar-refractivity contribution in [2.24, 2.45) is 0 Å². The van der Waals surface area contributed by atoms with Crippen molar-refractivity contribution in [3.63, 3.8) is 0 Å². The minimum absolute atomic E-state index is 0.566. The van der Waals surface area contributed by atoms with E-state index in [1.807, 2.05) is 59.1 Å². The van der Waals surface area contributed by atoms with Crippen LogP contribution in [0.15, 0.2) is 158 Å². The molecule has 224 valence electrons. The first-order chi connectivity index (χ1) is 23.8. The lowest BCUT2D eigenvalue weighted by Crippen LogP contribution is -2.06. The molecule has 0 fully saturated rings. The van der Waals surface area contributed by atoms with E-state index in [9.17, 15) is 0 Å². The number of nitrogens with zero attached hydrogens (tertiary/aromatic N) is 6. The van der Waals surface area contributed by atoms with Crippen molar-refractivity contribution in [1.29, 1.82) is 0 Å². The lowest BCUT2D eigenvalue weighted by Gasteiger charge is -2.12. The summed E-state index contributed by atoms with van der Waals surface area (Å²) in [7, 11) is 0. The van der Waals surface area contributed by atoms with Gasteiger partial charge in [-0.3, -0.25) is 4.57 Å². The summed E-state index contributed by atoms with van der Waals surface area (Å²) in [6.45, 7) is 0. The molecule has 0 atom stereocenters. The molecule has 0 saturated heterocycles. The highest BCUT2D eigenvalue weighted by Crippen LogP contribution is 2.35. The predicted molar refractivity (Wildman–Crippen MR) is 194 cm³/mol. The van der Waals surface area contributed by atoms with Crippen LogP contribution in [0.2, 0.25) is 0 Å². The molecule has 0 spiro atoms. The van der Waals surface area contributed by atoms with Crippen LogP contribution >= 0.6 is 0 Å². The second-order valence-corrected chi connectivity index (χ2v) is 12.0. The van der Waals surface area contributed by atoms with E-state index in [-0.39, 0.29) is 0 Å². The Morgan fingerprint density at radius 2 is 1.10 bits per heavy atom. The van der Waals surface area contributed by atoms with Crippen LogP contribution in [0.5, 0.6) is 0 Å². The number of rotatable bonds is 4. The summed E-state index contributed by atoms with van der Waals surface area (Å²) in [6.07, 6.45) is 4.09. The molecule has 0 saturated carbocycles. The summed E-state index contributed by atoms with van der Waals surface area (Å²) < 4.78 is 4.21. The normalized spacial score (nSPS) is 11.8. The van der Waals surface area contributed by atoms with E-state index in [0.29, 0.717) is 17.6 Å². The van der Waals surface area contributed by atoms with Crippen LogP contribution < -0.4 is 0 Å². The van der Waals surface area contributed by atoms with Crippen molar-refractivity contribution in [1.82, 2.24) is 28.9 Å². The standard InChI is InChI=1S/C42H26N6/c1-2-11-28(12-3-1)40-44-41(31-20-21-33-29(24-31)18-17-27-10-4-5-13-32(27)33)46-42(45-40)48-37-15-7-6-14-34(37)35-22-19-30(25-38(35)48)36-26-47-23-9-8-16-39(47)43-36/h1-26H. The SMILES string of the molecule is c1ccc(-c2nc(-c3ccc4c(ccc5ccccc54)c3)nc(-n3c4ccccc4c4ccc(-c5cn6ccccc6n5)cc43)n2)cc1. The summed E-state index contributed by atoms with van der Waals surface area (Å²) in [5, 5.41) is 7.06. The second kappa shape index (κ2) is 10.4. The molecule has 0 aliphatic heterocycles. The topological polar surface area (TPSA) is 60.9 Å². The van der Waals surface area contributed by atoms with E-state index in [2.05, 4.69) is 108 Å². The molecule has 0 unspecified atom stereocenters. The van der Waals surface area contributed by atoms with Gasteiger partial charge in [-0.15, -0.1) is 0 Å². The zero-order chi connectivity index (χ0) is 31.6. The molecule has 10 rings (SSSR count). The third-order valence-corrected chi connectivity index (χ3v) is 9.19. The number of pyridine rings is 1. The van der Waals surface area contributed by atoms with Gasteiger partial charge in [-0.2, -0.15) is 9.97 Å².